The Morgan fingerprint density at radius 3 is 1.75 bits per heavy atom. The van der Waals surface area contributed by atoms with Gasteiger partial charge < -0.3 is 9.64 Å². The topological polar surface area (TPSA) is 43.2 Å². The van der Waals surface area contributed by atoms with Crippen molar-refractivity contribution in [1.82, 2.24) is 14.8 Å². The van der Waals surface area contributed by atoms with Gasteiger partial charge in [-0.1, -0.05) is 135 Å². The van der Waals surface area contributed by atoms with Crippen molar-refractivity contribution in [3.05, 3.63) is 213 Å². The van der Waals surface area contributed by atoms with Crippen LogP contribution in [0.1, 0.15) is 148 Å². The molecular weight excluding hydrogens is 829 g/mol. The first kappa shape index (κ1) is 43.8. The molecule has 0 radical (unpaired) electrons. The van der Waals surface area contributed by atoms with Gasteiger partial charge in [-0.15, -0.1) is 0 Å². The van der Waals surface area contributed by atoms with Crippen molar-refractivity contribution in [3.63, 3.8) is 0 Å². The maximum atomic E-state index is 7.19. The second kappa shape index (κ2) is 15.7. The zero-order valence-corrected chi connectivity index (χ0v) is 41.7. The third-order valence-electron chi connectivity index (χ3n) is 15.3. The molecule has 1 saturated carbocycles. The highest BCUT2D eigenvalue weighted by molar-refractivity contribution is 5.90. The SMILES string of the molecule is Cc1cccc(C)c1-c1cc(Oc2cccc(C3(c4ccccn4)c4cc(C(C)(C)C)ccc4N(c4ccc(C(C)(C)C)cc4)c4ccc(C(C)(C)C)cc43)c2)cc(-n2cc3c(n2)C2CC[C@H]32)c1. The first-order valence-electron chi connectivity index (χ1n) is 24.6. The molecule has 5 heteroatoms. The lowest BCUT2D eigenvalue weighted by atomic mass is 9.59. The first-order valence-corrected chi connectivity index (χ1v) is 24.6. The van der Waals surface area contributed by atoms with Crippen LogP contribution in [0.25, 0.3) is 16.8 Å². The van der Waals surface area contributed by atoms with E-state index in [4.69, 9.17) is 14.8 Å². The third-order valence-corrected chi connectivity index (χ3v) is 15.3. The minimum atomic E-state index is -0.836. The number of hydrogen-bond acceptors (Lipinski definition) is 4. The molecule has 5 nitrogen and oxygen atoms in total. The van der Waals surface area contributed by atoms with Gasteiger partial charge in [0.05, 0.1) is 33.9 Å². The van der Waals surface area contributed by atoms with Crippen LogP contribution < -0.4 is 9.64 Å². The number of fused-ring (bicyclic) bond motifs is 6. The van der Waals surface area contributed by atoms with Crippen LogP contribution in [-0.2, 0) is 21.7 Å². The summed E-state index contributed by atoms with van der Waals surface area (Å²) in [6, 6.07) is 51.8. The molecule has 2 aromatic heterocycles. The van der Waals surface area contributed by atoms with Gasteiger partial charge >= 0.3 is 0 Å². The summed E-state index contributed by atoms with van der Waals surface area (Å²) in [5.41, 5.74) is 19.1. The predicted octanol–water partition coefficient (Wildman–Crippen LogP) is 16.4. The third kappa shape index (κ3) is 7.11. The molecule has 68 heavy (non-hydrogen) atoms. The van der Waals surface area contributed by atoms with E-state index >= 15 is 0 Å². The van der Waals surface area contributed by atoms with Crippen LogP contribution in [0.2, 0.25) is 0 Å². The maximum absolute atomic E-state index is 7.19. The molecule has 11 rings (SSSR count). The smallest absolute Gasteiger partial charge is 0.130 e. The Labute approximate surface area is 403 Å². The van der Waals surface area contributed by atoms with Gasteiger partial charge in [0.2, 0.25) is 0 Å². The summed E-state index contributed by atoms with van der Waals surface area (Å²) in [5.74, 6) is 2.81. The predicted molar refractivity (Wildman–Crippen MR) is 280 cm³/mol. The second-order valence-corrected chi connectivity index (χ2v) is 22.9. The van der Waals surface area contributed by atoms with Gasteiger partial charge in [0.15, 0.2) is 0 Å². The summed E-state index contributed by atoms with van der Waals surface area (Å²) in [6.07, 6.45) is 6.72. The van der Waals surface area contributed by atoms with Gasteiger partial charge in [-0.3, -0.25) is 4.98 Å². The zero-order valence-electron chi connectivity index (χ0n) is 41.7. The summed E-state index contributed by atoms with van der Waals surface area (Å²) in [5, 5.41) is 5.18. The van der Waals surface area contributed by atoms with Crippen LogP contribution in [0.3, 0.4) is 0 Å². The van der Waals surface area contributed by atoms with E-state index in [2.05, 4.69) is 225 Å². The molecule has 3 aliphatic rings. The molecule has 1 fully saturated rings. The highest BCUT2D eigenvalue weighted by atomic mass is 16.5. The second-order valence-electron chi connectivity index (χ2n) is 22.9. The molecule has 0 saturated heterocycles. The van der Waals surface area contributed by atoms with Crippen molar-refractivity contribution >= 4 is 17.1 Å². The molecular formula is C63H64N4O. The average Bonchev–Trinajstić information content (AvgIpc) is 3.66. The van der Waals surface area contributed by atoms with Crippen LogP contribution in [0.5, 0.6) is 11.5 Å². The molecule has 0 bridgehead atoms. The van der Waals surface area contributed by atoms with Crippen molar-refractivity contribution in [1.29, 1.82) is 0 Å². The van der Waals surface area contributed by atoms with Crippen molar-refractivity contribution in [2.75, 3.05) is 4.90 Å². The lowest BCUT2D eigenvalue weighted by molar-refractivity contribution is 0.288. The number of benzene rings is 6. The van der Waals surface area contributed by atoms with E-state index < -0.39 is 5.41 Å². The van der Waals surface area contributed by atoms with Gasteiger partial charge in [-0.25, -0.2) is 4.68 Å². The summed E-state index contributed by atoms with van der Waals surface area (Å²) >= 11 is 0. The normalized spacial score (nSPS) is 17.0. The van der Waals surface area contributed by atoms with Gasteiger partial charge in [0.1, 0.15) is 11.5 Å². The largest absolute Gasteiger partial charge is 0.457 e. The maximum Gasteiger partial charge on any atom is 0.130 e. The van der Waals surface area contributed by atoms with Gasteiger partial charge in [0, 0.05) is 30.1 Å². The highest BCUT2D eigenvalue weighted by Crippen LogP contribution is 2.60. The fourth-order valence-electron chi connectivity index (χ4n) is 11.3. The molecule has 0 amide bonds. The van der Waals surface area contributed by atoms with Crippen LogP contribution in [-0.4, -0.2) is 14.8 Å². The van der Waals surface area contributed by atoms with Gasteiger partial charge in [0.25, 0.3) is 0 Å². The minimum absolute atomic E-state index is 0.0302. The molecule has 1 unspecified atom stereocenters. The highest BCUT2D eigenvalue weighted by Gasteiger charge is 2.49. The van der Waals surface area contributed by atoms with E-state index in [0.29, 0.717) is 11.8 Å². The fraction of sp³-hybridized carbons (Fsp3) is 0.302. The van der Waals surface area contributed by atoms with Crippen molar-refractivity contribution < 1.29 is 4.74 Å². The van der Waals surface area contributed by atoms with Gasteiger partial charge in [-0.05, 0) is 171 Å². The van der Waals surface area contributed by atoms with E-state index in [-0.39, 0.29) is 16.2 Å². The molecule has 6 aromatic carbocycles. The number of ether oxygens (including phenoxy) is 1. The van der Waals surface area contributed by atoms with Crippen molar-refractivity contribution in [2.45, 2.75) is 122 Å². The summed E-state index contributed by atoms with van der Waals surface area (Å²) < 4.78 is 9.29. The Morgan fingerprint density at radius 1 is 0.559 bits per heavy atom. The summed E-state index contributed by atoms with van der Waals surface area (Å²) in [6.45, 7) is 25.1. The van der Waals surface area contributed by atoms with E-state index in [0.717, 1.165) is 51.1 Å². The minimum Gasteiger partial charge on any atom is -0.457 e. The van der Waals surface area contributed by atoms with E-state index in [1.165, 1.54) is 68.6 Å². The van der Waals surface area contributed by atoms with Crippen molar-refractivity contribution in [2.24, 2.45) is 0 Å². The zero-order chi connectivity index (χ0) is 47.5. The molecule has 1 aliphatic heterocycles. The molecule has 2 aliphatic carbocycles. The summed E-state index contributed by atoms with van der Waals surface area (Å²) in [7, 11) is 0. The van der Waals surface area contributed by atoms with Crippen LogP contribution in [0.4, 0.5) is 17.1 Å². The quantitative estimate of drug-likeness (QED) is 0.160. The number of aryl methyl sites for hydroxylation is 2. The van der Waals surface area contributed by atoms with Crippen LogP contribution in [0.15, 0.2) is 152 Å². The number of hydrogen-bond donors (Lipinski definition) is 0. The monoisotopic (exact) mass is 893 g/mol. The number of pyridine rings is 1. The number of aromatic nitrogens is 3. The molecule has 0 spiro atoms. The van der Waals surface area contributed by atoms with E-state index in [1.54, 1.807) is 0 Å². The Morgan fingerprint density at radius 2 is 1.18 bits per heavy atom. The molecule has 8 aromatic rings. The Kier molecular flexibility index (Phi) is 10.1. The standard InChI is InChI=1S/C63H64N4O/c1-39-16-14-17-40(2)58(39)41-32-47(66-38-52-50-27-28-51(50)59(52)65-66)37-49(33-41)68-48-19-15-18-45(34-48)63(57-20-12-13-31-64-57)53-35-43(61(6,7)8)23-29-55(53)67(46-25-21-42(22-26-46)60(3,4)5)56-30-24-44(36-54(56)63)62(9,10)11/h12-26,29-38,50-51H,27-28H2,1-11H3/t50-,51?/m0/s1. The first-order chi connectivity index (χ1) is 32.4. The van der Waals surface area contributed by atoms with Crippen LogP contribution >= 0.6 is 0 Å². The lowest BCUT2D eigenvalue weighted by Gasteiger charge is -2.47. The van der Waals surface area contributed by atoms with E-state index in [9.17, 15) is 0 Å². The number of rotatable bonds is 7. The van der Waals surface area contributed by atoms with Crippen molar-refractivity contribution in [3.8, 4) is 28.3 Å². The number of nitrogens with zero attached hydrogens (tertiary/aromatic N) is 4. The Bertz CT molecular complexity index is 3130. The van der Waals surface area contributed by atoms with E-state index in [1.807, 2.05) is 12.3 Å². The van der Waals surface area contributed by atoms with Gasteiger partial charge in [-0.2, -0.15) is 5.10 Å². The molecule has 3 heterocycles. The Balaban J connectivity index is 1.14. The molecule has 0 N–H and O–H groups in total. The lowest BCUT2D eigenvalue weighted by Crippen LogP contribution is -2.39. The average molecular weight is 893 g/mol. The molecule has 342 valence electrons. The number of anilines is 3. The molecule has 2 atom stereocenters. The fourth-order valence-corrected chi connectivity index (χ4v) is 11.3. The van der Waals surface area contributed by atoms with Crippen LogP contribution in [0, 0.1) is 13.8 Å². The Hall–Kier alpha value is -6.72. The summed E-state index contributed by atoms with van der Waals surface area (Å²) in [4.78, 5) is 7.83.